The van der Waals surface area contributed by atoms with Crippen molar-refractivity contribution in [1.82, 2.24) is 78.0 Å². The van der Waals surface area contributed by atoms with Gasteiger partial charge in [0, 0.05) is 168 Å². The van der Waals surface area contributed by atoms with Gasteiger partial charge in [0.15, 0.2) is 46.6 Å². The molecule has 12 heterocycles. The fraction of sp³-hybridized carbons (Fsp3) is 0.303. The molecule has 8 aromatic carbocycles. The number of rotatable bonds is 28. The van der Waals surface area contributed by atoms with Gasteiger partial charge in [0.25, 0.3) is 0 Å². The van der Waals surface area contributed by atoms with Crippen LogP contribution >= 0.6 is 46.4 Å². The Morgan fingerprint density at radius 1 is 0.297 bits per heavy atom. The average Bonchev–Trinajstić information content (AvgIpc) is 1.67. The molecule has 16 aromatic rings. The normalized spacial score (nSPS) is 13.9. The molecule has 4 amide bonds. The molecule has 0 bridgehead atoms. The fourth-order valence-electron chi connectivity index (χ4n) is 17.6. The van der Waals surface area contributed by atoms with Crippen LogP contribution in [0.2, 0.25) is 20.1 Å². The third-order valence-corrected chi connectivity index (χ3v) is 25.4. The minimum absolute atomic E-state index is 0.0404. The number of benzene rings is 8. The Kier molecular flexibility index (Phi) is 34.1. The summed E-state index contributed by atoms with van der Waals surface area (Å²) in [7, 11) is 16.4. The zero-order valence-electron chi connectivity index (χ0n) is 82.7. The van der Waals surface area contributed by atoms with Crippen LogP contribution in [-0.4, -0.2) is 263 Å². The Labute approximate surface area is 862 Å². The quantitative estimate of drug-likeness (QED) is 0.0354. The lowest BCUT2D eigenvalue weighted by Gasteiger charge is -2.28. The molecule has 0 atom stereocenters. The van der Waals surface area contributed by atoms with E-state index in [2.05, 4.69) is 152 Å². The second-order valence-corrected chi connectivity index (χ2v) is 39.0. The van der Waals surface area contributed by atoms with E-state index in [0.29, 0.717) is 108 Å². The van der Waals surface area contributed by atoms with Gasteiger partial charge in [0.1, 0.15) is 22.1 Å². The fourth-order valence-corrected chi connectivity index (χ4v) is 18.4. The maximum atomic E-state index is 12.6. The SMILES string of the molecule is CN(C)Cc1cc2c(N3CCOCC3)nc(-c3ccc(NC(=O)Cc4ccc(Cl)cc4)cc3)nn2c1.CN(C)Cc1cc2c(N3CCOCC3)nc(-c3ccc(NC(=O)Cc4ccc(Cl)cc4Cl)cc3)nn2c1.CN(C)Cc1cc2c(N3CCOCC3)nc(-c3ccc(NC(=O)Cc4cccc(Cl)c4)cc3)nn2c1.Cc1cccc(CC(=O)Nc2ccc(-c3nc(N4CCOCC4)c4cc(CN(C)C)cn4n3)cc2)c1. The molecule has 0 saturated carbocycles. The van der Waals surface area contributed by atoms with Crippen molar-refractivity contribution in [2.45, 2.75) is 58.8 Å². The largest absolute Gasteiger partial charge is 0.378 e. The summed E-state index contributed by atoms with van der Waals surface area (Å²) in [5.41, 5.74) is 19.7. The first-order valence-electron chi connectivity index (χ1n) is 48.3. The first-order valence-corrected chi connectivity index (χ1v) is 49.8. The number of halogens is 4. The summed E-state index contributed by atoms with van der Waals surface area (Å²) in [6.07, 6.45) is 9.30. The summed E-state index contributed by atoms with van der Waals surface area (Å²) in [5, 5.41) is 33.4. The highest BCUT2D eigenvalue weighted by Gasteiger charge is 2.27. The zero-order valence-corrected chi connectivity index (χ0v) is 85.7. The van der Waals surface area contributed by atoms with Gasteiger partial charge in [-0.05, 0) is 266 Å². The average molecular weight is 2030 g/mol. The number of ether oxygens (including phenoxy) is 4. The second-order valence-electron chi connectivity index (χ2n) is 37.3. The van der Waals surface area contributed by atoms with Crippen molar-refractivity contribution in [2.24, 2.45) is 0 Å². The van der Waals surface area contributed by atoms with Crippen molar-refractivity contribution in [3.8, 4) is 45.6 Å². The molecule has 0 spiro atoms. The topological polar surface area (TPSA) is 300 Å². The Morgan fingerprint density at radius 2 is 0.572 bits per heavy atom. The van der Waals surface area contributed by atoms with Gasteiger partial charge in [-0.2, -0.15) is 0 Å². The van der Waals surface area contributed by atoms with E-state index >= 15 is 0 Å². The first kappa shape index (κ1) is 103. The maximum Gasteiger partial charge on any atom is 0.228 e. The third kappa shape index (κ3) is 27.8. The number of nitrogens with one attached hydrogen (secondary N) is 4. The molecule has 0 aliphatic carbocycles. The van der Waals surface area contributed by atoms with Crippen LogP contribution in [0.5, 0.6) is 0 Å². The molecular weight excluding hydrogens is 1920 g/mol. The summed E-state index contributed by atoms with van der Waals surface area (Å²) < 4.78 is 29.9. The lowest BCUT2D eigenvalue weighted by Crippen LogP contribution is -2.37. The third-order valence-electron chi connectivity index (χ3n) is 24.3. The molecular formula is C109H118Cl4N24O8. The lowest BCUT2D eigenvalue weighted by molar-refractivity contribution is -0.116. The number of anilines is 8. The van der Waals surface area contributed by atoms with Crippen LogP contribution in [-0.2, 0) is 90.0 Å². The van der Waals surface area contributed by atoms with Crippen molar-refractivity contribution in [3.63, 3.8) is 0 Å². The maximum absolute atomic E-state index is 12.6. The molecule has 0 unspecified atom stereocenters. The summed E-state index contributed by atoms with van der Waals surface area (Å²) in [6, 6.07) is 66.9. The first-order chi connectivity index (χ1) is 70.2. The number of nitrogens with zero attached hydrogens (tertiary/aromatic N) is 20. The van der Waals surface area contributed by atoms with E-state index < -0.39 is 0 Å². The molecule has 8 aromatic heterocycles. The number of hydrogen-bond acceptors (Lipinski definition) is 24. The van der Waals surface area contributed by atoms with Gasteiger partial charge < -0.3 is 79.4 Å². The number of carbonyl (C=O) groups excluding carboxylic acids is 4. The molecule has 0 radical (unpaired) electrons. The summed E-state index contributed by atoms with van der Waals surface area (Å²) in [6.45, 7) is 17.1. The van der Waals surface area contributed by atoms with Gasteiger partial charge in [0.05, 0.1) is 78.5 Å². The van der Waals surface area contributed by atoms with Crippen molar-refractivity contribution in [3.05, 3.63) is 307 Å². The number of aryl methyl sites for hydroxylation is 1. The van der Waals surface area contributed by atoms with Crippen molar-refractivity contribution in [1.29, 1.82) is 0 Å². The van der Waals surface area contributed by atoms with Gasteiger partial charge in [0.2, 0.25) is 23.6 Å². The highest BCUT2D eigenvalue weighted by atomic mass is 35.5. The molecule has 32 nitrogen and oxygen atoms in total. The predicted octanol–water partition coefficient (Wildman–Crippen LogP) is 16.8. The Morgan fingerprint density at radius 3 is 0.862 bits per heavy atom. The minimum Gasteiger partial charge on any atom is -0.378 e. The van der Waals surface area contributed by atoms with E-state index in [1.165, 1.54) is 22.3 Å². The lowest BCUT2D eigenvalue weighted by atomic mass is 10.1. The number of hydrogen-bond donors (Lipinski definition) is 4. The van der Waals surface area contributed by atoms with Crippen LogP contribution in [0.1, 0.15) is 50.1 Å². The zero-order chi connectivity index (χ0) is 101. The van der Waals surface area contributed by atoms with Gasteiger partial charge in [-0.25, -0.2) is 38.0 Å². The van der Waals surface area contributed by atoms with Crippen molar-refractivity contribution < 1.29 is 38.1 Å². The van der Waals surface area contributed by atoms with E-state index in [1.807, 2.05) is 185 Å². The second kappa shape index (κ2) is 48.2. The summed E-state index contributed by atoms with van der Waals surface area (Å²) in [5.74, 6) is 5.78. The number of morpholine rings is 4. The Balaban J connectivity index is 0.000000132. The molecule has 750 valence electrons. The van der Waals surface area contributed by atoms with Gasteiger partial charge in [-0.15, -0.1) is 20.4 Å². The molecule has 145 heavy (non-hydrogen) atoms. The van der Waals surface area contributed by atoms with Crippen LogP contribution in [0.15, 0.2) is 237 Å². The van der Waals surface area contributed by atoms with Gasteiger partial charge >= 0.3 is 0 Å². The Bertz CT molecular complexity index is 6970. The smallest absolute Gasteiger partial charge is 0.228 e. The summed E-state index contributed by atoms with van der Waals surface area (Å²) >= 11 is 24.1. The minimum atomic E-state index is -0.162. The number of carbonyl (C=O) groups is 4. The van der Waals surface area contributed by atoms with Crippen LogP contribution in [0.25, 0.3) is 67.6 Å². The van der Waals surface area contributed by atoms with E-state index in [9.17, 15) is 19.2 Å². The molecule has 4 saturated heterocycles. The molecule has 36 heteroatoms. The summed E-state index contributed by atoms with van der Waals surface area (Å²) in [4.78, 5) is 87.5. The van der Waals surface area contributed by atoms with E-state index in [1.54, 1.807) is 42.5 Å². The van der Waals surface area contributed by atoms with Crippen LogP contribution < -0.4 is 40.9 Å². The standard InChI is InChI=1S/C28H32N6O2.C27H28Cl2N6O2.2C27H29ClN6O2/c1-20-5-4-6-21(15-20)17-26(35)29-24-9-7-23(8-10-24)27-30-28(33-11-13-36-14-12-33)25-16-22(18-32(2)3)19-34(25)31-27;1-33(2)16-18-13-24-27(34-9-11-37-12-10-34)31-26(32-35(24)17-18)19-4-7-22(8-5-19)30-25(36)14-20-3-6-21(28)15-23(20)29;1-32(2)17-20-15-24-27(33-11-13-36-14-12-33)30-26(31-34(24)18-20)21-5-9-23(10-6-21)29-25(35)16-19-3-7-22(28)8-4-19;1-32(2)17-20-15-24-27(33-10-12-36-13-11-33)30-26(31-34(24)18-20)21-6-8-23(9-7-21)29-25(35)16-19-4-3-5-22(28)14-19/h4-10,15-16,19H,11-14,17-18H2,1-3H3,(H,29,35);3-8,13,15,17H,9-12,14,16H2,1-2H3,(H,30,36);3-10,15,18H,11-14,16-17H2,1-2H3,(H,29,35);3-9,14-15,18H,10-13,16-17H2,1-2H3,(H,29,35). The van der Waals surface area contributed by atoms with Crippen molar-refractivity contribution >= 4 is 138 Å². The van der Waals surface area contributed by atoms with E-state index in [4.69, 9.17) is 106 Å². The molecule has 4 fully saturated rings. The Hall–Kier alpha value is -13.8. The molecule has 20 rings (SSSR count). The molecule has 4 aliphatic rings. The van der Waals surface area contributed by atoms with Crippen LogP contribution in [0.4, 0.5) is 46.0 Å². The number of aromatic nitrogens is 12. The highest BCUT2D eigenvalue weighted by molar-refractivity contribution is 6.35. The number of fused-ring (bicyclic) bond motifs is 4. The van der Waals surface area contributed by atoms with Crippen LogP contribution in [0.3, 0.4) is 0 Å². The van der Waals surface area contributed by atoms with Gasteiger partial charge in [-0.3, -0.25) is 19.2 Å². The predicted molar refractivity (Wildman–Crippen MR) is 575 cm³/mol. The highest BCUT2D eigenvalue weighted by Crippen LogP contribution is 2.35. The van der Waals surface area contributed by atoms with Crippen LogP contribution in [0, 0.1) is 6.92 Å². The van der Waals surface area contributed by atoms with Crippen molar-refractivity contribution in [2.75, 3.05) is 202 Å². The van der Waals surface area contributed by atoms with Gasteiger partial charge in [-0.1, -0.05) is 107 Å². The monoisotopic (exact) mass is 2030 g/mol. The van der Waals surface area contributed by atoms with E-state index in [-0.39, 0.29) is 42.9 Å². The molecule has 4 aliphatic heterocycles. The van der Waals surface area contributed by atoms with E-state index in [0.717, 1.165) is 191 Å². The molecule has 4 N–H and O–H groups in total. The number of amides is 4.